The molecule has 0 amide bonds. The van der Waals surface area contributed by atoms with Gasteiger partial charge in [0.1, 0.15) is 4.90 Å². The Morgan fingerprint density at radius 2 is 2.00 bits per heavy atom. The summed E-state index contributed by atoms with van der Waals surface area (Å²) in [6.07, 6.45) is 1.64. The number of hydrogen-bond donors (Lipinski definition) is 0. The minimum atomic E-state index is -3.69. The van der Waals surface area contributed by atoms with E-state index in [1.54, 1.807) is 37.4 Å². The van der Waals surface area contributed by atoms with Crippen LogP contribution in [-0.2, 0) is 10.0 Å². The van der Waals surface area contributed by atoms with Gasteiger partial charge in [0.05, 0.1) is 16.8 Å². The second-order valence-electron chi connectivity index (χ2n) is 4.53. The smallest absolute Gasteiger partial charge is 0.244 e. The molecule has 1 aromatic carbocycles. The molecule has 1 heterocycles. The Bertz CT molecular complexity index is 738. The first-order valence-corrected chi connectivity index (χ1v) is 8.79. The number of sulfonamides is 1. The van der Waals surface area contributed by atoms with Crippen molar-refractivity contribution in [2.24, 2.45) is 0 Å². The highest BCUT2D eigenvalue weighted by atomic mass is 79.9. The average Bonchev–Trinajstić information content (AvgIpc) is 2.46. The number of nitrogens with zero attached hydrogens (tertiary/aromatic N) is 2. The van der Waals surface area contributed by atoms with Crippen molar-refractivity contribution >= 4 is 37.6 Å². The molecule has 0 saturated carbocycles. The molecule has 0 aliphatic carbocycles. The Morgan fingerprint density at radius 3 is 2.57 bits per heavy atom. The van der Waals surface area contributed by atoms with Crippen molar-refractivity contribution in [3.05, 3.63) is 57.8 Å². The molecule has 0 aliphatic heterocycles. The summed E-state index contributed by atoms with van der Waals surface area (Å²) in [5.41, 5.74) is 0.678. The number of rotatable bonds is 4. The van der Waals surface area contributed by atoms with Gasteiger partial charge in [0, 0.05) is 17.7 Å². The van der Waals surface area contributed by atoms with Crippen molar-refractivity contribution in [2.75, 3.05) is 7.05 Å². The SMILES string of the molecule is CC(c1ccccn1)N(C)S(=O)(=O)c1ccc(Br)cc1Cl. The molecule has 1 aromatic heterocycles. The van der Waals surface area contributed by atoms with Crippen molar-refractivity contribution in [3.8, 4) is 0 Å². The van der Waals surface area contributed by atoms with Crippen LogP contribution in [0.25, 0.3) is 0 Å². The Labute approximate surface area is 137 Å². The Morgan fingerprint density at radius 1 is 1.29 bits per heavy atom. The average molecular weight is 390 g/mol. The fourth-order valence-corrected chi connectivity index (χ4v) is 4.20. The lowest BCUT2D eigenvalue weighted by Gasteiger charge is -2.24. The molecule has 2 rings (SSSR count). The van der Waals surface area contributed by atoms with Crippen LogP contribution in [0.5, 0.6) is 0 Å². The second-order valence-corrected chi connectivity index (χ2v) is 7.82. The topological polar surface area (TPSA) is 50.3 Å². The van der Waals surface area contributed by atoms with Gasteiger partial charge in [-0.25, -0.2) is 8.42 Å². The molecule has 0 radical (unpaired) electrons. The second kappa shape index (κ2) is 6.44. The van der Waals surface area contributed by atoms with Crippen molar-refractivity contribution in [2.45, 2.75) is 17.9 Å². The van der Waals surface area contributed by atoms with Crippen LogP contribution in [0.3, 0.4) is 0 Å². The van der Waals surface area contributed by atoms with Gasteiger partial charge >= 0.3 is 0 Å². The summed E-state index contributed by atoms with van der Waals surface area (Å²) in [7, 11) is -2.17. The van der Waals surface area contributed by atoms with Crippen molar-refractivity contribution in [3.63, 3.8) is 0 Å². The van der Waals surface area contributed by atoms with E-state index in [1.165, 1.54) is 17.4 Å². The van der Waals surface area contributed by atoms with E-state index in [0.717, 1.165) is 4.47 Å². The van der Waals surface area contributed by atoms with Crippen LogP contribution in [0, 0.1) is 0 Å². The van der Waals surface area contributed by atoms with Crippen LogP contribution >= 0.6 is 27.5 Å². The fraction of sp³-hybridized carbons (Fsp3) is 0.214. The van der Waals surface area contributed by atoms with E-state index in [0.29, 0.717) is 5.69 Å². The Balaban J connectivity index is 2.39. The molecule has 0 fully saturated rings. The lowest BCUT2D eigenvalue weighted by molar-refractivity contribution is 0.392. The first kappa shape index (κ1) is 16.4. The van der Waals surface area contributed by atoms with Crippen LogP contribution < -0.4 is 0 Å². The van der Waals surface area contributed by atoms with Gasteiger partial charge < -0.3 is 0 Å². The van der Waals surface area contributed by atoms with Crippen molar-refractivity contribution < 1.29 is 8.42 Å². The highest BCUT2D eigenvalue weighted by Gasteiger charge is 2.28. The van der Waals surface area contributed by atoms with E-state index >= 15 is 0 Å². The summed E-state index contributed by atoms with van der Waals surface area (Å²) in [5, 5.41) is 0.185. The van der Waals surface area contributed by atoms with Gasteiger partial charge in [0.15, 0.2) is 0 Å². The maximum absolute atomic E-state index is 12.7. The van der Waals surface area contributed by atoms with Gasteiger partial charge in [-0.05, 0) is 37.3 Å². The molecular formula is C14H14BrClN2O2S. The largest absolute Gasteiger partial charge is 0.260 e. The zero-order valence-electron chi connectivity index (χ0n) is 11.5. The first-order chi connectivity index (χ1) is 9.84. The molecule has 4 nitrogen and oxygen atoms in total. The van der Waals surface area contributed by atoms with E-state index in [-0.39, 0.29) is 9.92 Å². The lowest BCUT2D eigenvalue weighted by Crippen LogP contribution is -2.30. The van der Waals surface area contributed by atoms with Crippen molar-refractivity contribution in [1.82, 2.24) is 9.29 Å². The maximum Gasteiger partial charge on any atom is 0.244 e. The third-order valence-corrected chi connectivity index (χ3v) is 6.12. The van der Waals surface area contributed by atoms with E-state index in [4.69, 9.17) is 11.6 Å². The lowest BCUT2D eigenvalue weighted by atomic mass is 10.2. The van der Waals surface area contributed by atoms with Gasteiger partial charge in [-0.3, -0.25) is 4.98 Å². The minimum absolute atomic E-state index is 0.0812. The highest BCUT2D eigenvalue weighted by molar-refractivity contribution is 9.10. The summed E-state index contributed by atoms with van der Waals surface area (Å²) >= 11 is 9.32. The summed E-state index contributed by atoms with van der Waals surface area (Å²) in [6.45, 7) is 1.78. The van der Waals surface area contributed by atoms with Crippen LogP contribution in [-0.4, -0.2) is 24.8 Å². The molecule has 7 heteroatoms. The van der Waals surface area contributed by atoms with E-state index in [9.17, 15) is 8.42 Å². The number of benzene rings is 1. The number of aromatic nitrogens is 1. The van der Waals surface area contributed by atoms with E-state index in [2.05, 4.69) is 20.9 Å². The minimum Gasteiger partial charge on any atom is -0.260 e. The van der Waals surface area contributed by atoms with Crippen LogP contribution in [0.2, 0.25) is 5.02 Å². The van der Waals surface area contributed by atoms with Gasteiger partial charge in [-0.1, -0.05) is 33.6 Å². The van der Waals surface area contributed by atoms with Crippen LogP contribution in [0.4, 0.5) is 0 Å². The molecule has 2 aromatic rings. The Hall–Kier alpha value is -0.950. The van der Waals surface area contributed by atoms with Gasteiger partial charge in [-0.2, -0.15) is 4.31 Å². The van der Waals surface area contributed by atoms with Gasteiger partial charge in [0.25, 0.3) is 0 Å². The van der Waals surface area contributed by atoms with E-state index in [1.807, 2.05) is 6.07 Å². The normalized spacial score (nSPS) is 13.4. The Kier molecular flexibility index (Phi) is 5.03. The predicted molar refractivity (Wildman–Crippen MR) is 86.8 cm³/mol. The summed E-state index contributed by atoms with van der Waals surface area (Å²) < 4.78 is 27.4. The molecular weight excluding hydrogens is 376 g/mol. The molecule has 0 saturated heterocycles. The zero-order chi connectivity index (χ0) is 15.6. The molecule has 21 heavy (non-hydrogen) atoms. The van der Waals surface area contributed by atoms with Crippen LogP contribution in [0.1, 0.15) is 18.7 Å². The molecule has 1 unspecified atom stereocenters. The number of halogens is 2. The van der Waals surface area contributed by atoms with Gasteiger partial charge in [-0.15, -0.1) is 0 Å². The molecule has 0 bridgehead atoms. The fourth-order valence-electron chi connectivity index (χ4n) is 1.86. The molecule has 0 N–H and O–H groups in total. The molecule has 112 valence electrons. The quantitative estimate of drug-likeness (QED) is 0.797. The number of hydrogen-bond acceptors (Lipinski definition) is 3. The molecule has 0 spiro atoms. The number of pyridine rings is 1. The maximum atomic E-state index is 12.7. The zero-order valence-corrected chi connectivity index (χ0v) is 14.7. The first-order valence-electron chi connectivity index (χ1n) is 6.18. The summed E-state index contributed by atoms with van der Waals surface area (Å²) in [5.74, 6) is 0. The van der Waals surface area contributed by atoms with Crippen molar-refractivity contribution in [1.29, 1.82) is 0 Å². The van der Waals surface area contributed by atoms with Crippen LogP contribution in [0.15, 0.2) is 52.0 Å². The molecule has 1 atom stereocenters. The third kappa shape index (κ3) is 3.45. The summed E-state index contributed by atoms with van der Waals surface area (Å²) in [6, 6.07) is 9.72. The standard InChI is InChI=1S/C14H14BrClN2O2S/c1-10(13-5-3-4-8-17-13)18(2)21(19,20)14-7-6-11(15)9-12(14)16/h3-10H,1-2H3. The van der Waals surface area contributed by atoms with Gasteiger partial charge in [0.2, 0.25) is 10.0 Å². The monoisotopic (exact) mass is 388 g/mol. The highest BCUT2D eigenvalue weighted by Crippen LogP contribution is 2.30. The van der Waals surface area contributed by atoms with E-state index < -0.39 is 16.1 Å². The third-order valence-electron chi connectivity index (χ3n) is 3.21. The summed E-state index contributed by atoms with van der Waals surface area (Å²) in [4.78, 5) is 4.28. The predicted octanol–water partition coefficient (Wildman–Crippen LogP) is 3.88. The molecule has 0 aliphatic rings.